The molecule has 0 radical (unpaired) electrons. The quantitative estimate of drug-likeness (QED) is 0.597. The number of carboxylic acids is 1. The molecule has 1 aromatic rings. The maximum Gasteiger partial charge on any atom is 0.324 e. The van der Waals surface area contributed by atoms with Crippen molar-refractivity contribution < 1.29 is 24.4 Å². The van der Waals surface area contributed by atoms with Gasteiger partial charge in [-0.2, -0.15) is 0 Å². The van der Waals surface area contributed by atoms with E-state index in [-0.39, 0.29) is 9.88 Å². The van der Waals surface area contributed by atoms with E-state index in [1.807, 2.05) is 0 Å². The van der Waals surface area contributed by atoms with Crippen LogP contribution in [0.25, 0.3) is 0 Å². The molecule has 0 aliphatic carbocycles. The summed E-state index contributed by atoms with van der Waals surface area (Å²) < 4.78 is 0. The Morgan fingerprint density at radius 1 is 1.45 bits per heavy atom. The maximum absolute atomic E-state index is 12.4. The van der Waals surface area contributed by atoms with Crippen molar-refractivity contribution in [2.24, 2.45) is 0 Å². The Labute approximate surface area is 128 Å². The topological polar surface area (TPSA) is 130 Å². The fourth-order valence-corrected chi connectivity index (χ4v) is 3.02. The summed E-state index contributed by atoms with van der Waals surface area (Å²) in [6, 6.07) is 1.86. The van der Waals surface area contributed by atoms with Gasteiger partial charge < -0.3 is 15.3 Å². The number of carbonyl (C=O) groups excluding carboxylic acids is 2. The molecule has 2 rings (SSSR count). The van der Waals surface area contributed by atoms with Crippen LogP contribution in [0.3, 0.4) is 0 Å². The van der Waals surface area contributed by atoms with Crippen LogP contribution in [-0.4, -0.2) is 51.8 Å². The minimum atomic E-state index is -1.17. The molecule has 1 aliphatic rings. The van der Waals surface area contributed by atoms with Gasteiger partial charge in [-0.05, 0) is 18.9 Å². The van der Waals surface area contributed by atoms with E-state index in [1.54, 1.807) is 0 Å². The number of hydrogen-bond donors (Lipinski definition) is 2. The van der Waals surface area contributed by atoms with Gasteiger partial charge in [-0.25, -0.2) is 0 Å². The number of nitrogens with one attached hydrogen (secondary N) is 1. The van der Waals surface area contributed by atoms with Crippen LogP contribution in [0.5, 0.6) is 0 Å². The number of nitrogens with zero attached hydrogens (tertiary/aromatic N) is 2. The lowest BCUT2D eigenvalue weighted by molar-refractivity contribution is -0.380. The standard InChI is InChI=1S/C12H13N3O6S/c16-10(17)6-13-11(18)7-2-1-5-14(7)12(19)8-3-4-9(22-8)15(20)21/h3-4,7H,1-2,5-6H2,(H,13,18)(H,16,17). The summed E-state index contributed by atoms with van der Waals surface area (Å²) in [6.45, 7) is -0.155. The van der Waals surface area contributed by atoms with Crippen LogP contribution >= 0.6 is 11.3 Å². The Morgan fingerprint density at radius 2 is 2.18 bits per heavy atom. The molecule has 0 saturated carbocycles. The zero-order valence-corrected chi connectivity index (χ0v) is 12.2. The van der Waals surface area contributed by atoms with E-state index in [2.05, 4.69) is 5.32 Å². The number of amides is 2. The second-order valence-electron chi connectivity index (χ2n) is 4.66. The van der Waals surface area contributed by atoms with Crippen molar-refractivity contribution in [3.05, 3.63) is 27.1 Å². The Balaban J connectivity index is 2.08. The molecular weight excluding hydrogens is 314 g/mol. The minimum Gasteiger partial charge on any atom is -0.480 e. The molecule has 1 saturated heterocycles. The van der Waals surface area contributed by atoms with Gasteiger partial charge in [0.15, 0.2) is 0 Å². The normalized spacial score (nSPS) is 17.3. The number of nitro groups is 1. The molecule has 0 aromatic carbocycles. The van der Waals surface area contributed by atoms with E-state index in [1.165, 1.54) is 17.0 Å². The highest BCUT2D eigenvalue weighted by Crippen LogP contribution is 2.28. The van der Waals surface area contributed by atoms with E-state index in [0.29, 0.717) is 19.4 Å². The molecule has 2 N–H and O–H groups in total. The SMILES string of the molecule is O=C(O)CNC(=O)C1CCCN1C(=O)c1ccc([N+](=O)[O-])s1. The molecule has 1 unspecified atom stereocenters. The second kappa shape index (κ2) is 6.52. The molecule has 1 fully saturated rings. The van der Waals surface area contributed by atoms with Crippen LogP contribution in [0.1, 0.15) is 22.5 Å². The van der Waals surface area contributed by atoms with Gasteiger partial charge in [0.25, 0.3) is 5.91 Å². The zero-order chi connectivity index (χ0) is 16.3. The van der Waals surface area contributed by atoms with Crippen LogP contribution in [0.4, 0.5) is 5.00 Å². The van der Waals surface area contributed by atoms with Gasteiger partial charge in [-0.15, -0.1) is 0 Å². The summed E-state index contributed by atoms with van der Waals surface area (Å²) in [5, 5.41) is 21.3. The average Bonchev–Trinajstić information content (AvgIpc) is 3.12. The van der Waals surface area contributed by atoms with E-state index in [9.17, 15) is 24.5 Å². The Bertz CT molecular complexity index is 628. The fourth-order valence-electron chi connectivity index (χ4n) is 2.25. The third kappa shape index (κ3) is 3.39. The van der Waals surface area contributed by atoms with Crippen LogP contribution in [-0.2, 0) is 9.59 Å². The van der Waals surface area contributed by atoms with Crippen molar-refractivity contribution >= 4 is 34.1 Å². The highest BCUT2D eigenvalue weighted by Gasteiger charge is 2.35. The highest BCUT2D eigenvalue weighted by molar-refractivity contribution is 7.17. The highest BCUT2D eigenvalue weighted by atomic mass is 32.1. The molecule has 1 aliphatic heterocycles. The van der Waals surface area contributed by atoms with Crippen LogP contribution < -0.4 is 5.32 Å². The number of carboxylic acid groups (broad SMARTS) is 1. The number of rotatable bonds is 5. The first-order valence-corrected chi connectivity index (χ1v) is 7.26. The average molecular weight is 327 g/mol. The molecule has 0 spiro atoms. The lowest BCUT2D eigenvalue weighted by Gasteiger charge is -2.23. The number of likely N-dealkylation sites (tertiary alicyclic amines) is 1. The van der Waals surface area contributed by atoms with Gasteiger partial charge in [-0.1, -0.05) is 11.3 Å². The molecule has 9 nitrogen and oxygen atoms in total. The van der Waals surface area contributed by atoms with Crippen molar-refractivity contribution in [1.29, 1.82) is 0 Å². The predicted octanol–water partition coefficient (Wildman–Crippen LogP) is 0.462. The monoisotopic (exact) mass is 327 g/mol. The second-order valence-corrected chi connectivity index (χ2v) is 5.73. The van der Waals surface area contributed by atoms with E-state index in [0.717, 1.165) is 11.3 Å². The van der Waals surface area contributed by atoms with E-state index in [4.69, 9.17) is 5.11 Å². The van der Waals surface area contributed by atoms with Gasteiger partial charge in [0.2, 0.25) is 5.91 Å². The van der Waals surface area contributed by atoms with Gasteiger partial charge in [0.1, 0.15) is 12.6 Å². The maximum atomic E-state index is 12.4. The number of thiophene rings is 1. The lowest BCUT2D eigenvalue weighted by Crippen LogP contribution is -2.46. The summed E-state index contributed by atoms with van der Waals surface area (Å²) >= 11 is 0.752. The van der Waals surface area contributed by atoms with Gasteiger partial charge in [0, 0.05) is 12.6 Å². The van der Waals surface area contributed by atoms with Crippen molar-refractivity contribution in [3.63, 3.8) is 0 Å². The summed E-state index contributed by atoms with van der Waals surface area (Å²) in [6.07, 6.45) is 1.05. The zero-order valence-electron chi connectivity index (χ0n) is 11.4. The van der Waals surface area contributed by atoms with Crippen LogP contribution in [0, 0.1) is 10.1 Å². The number of aliphatic carboxylic acids is 1. The molecular formula is C12H13N3O6S. The largest absolute Gasteiger partial charge is 0.480 e. The van der Waals surface area contributed by atoms with Crippen molar-refractivity contribution in [2.45, 2.75) is 18.9 Å². The Hall–Kier alpha value is -2.49. The smallest absolute Gasteiger partial charge is 0.324 e. The first kappa shape index (κ1) is 15.9. The van der Waals surface area contributed by atoms with Crippen molar-refractivity contribution in [3.8, 4) is 0 Å². The molecule has 1 aromatic heterocycles. The molecule has 0 bridgehead atoms. The van der Waals surface area contributed by atoms with E-state index >= 15 is 0 Å². The molecule has 2 amide bonds. The van der Waals surface area contributed by atoms with Crippen LogP contribution in [0.15, 0.2) is 12.1 Å². The molecule has 22 heavy (non-hydrogen) atoms. The Kier molecular flexibility index (Phi) is 4.71. The summed E-state index contributed by atoms with van der Waals surface area (Å²) in [5.74, 6) is -2.15. The number of hydrogen-bond acceptors (Lipinski definition) is 6. The first-order valence-electron chi connectivity index (χ1n) is 6.45. The number of carbonyl (C=O) groups is 3. The minimum absolute atomic E-state index is 0.144. The predicted molar refractivity (Wildman–Crippen MR) is 75.7 cm³/mol. The third-order valence-corrected chi connectivity index (χ3v) is 4.24. The molecule has 118 valence electrons. The fraction of sp³-hybridized carbons (Fsp3) is 0.417. The Morgan fingerprint density at radius 3 is 2.77 bits per heavy atom. The first-order chi connectivity index (χ1) is 10.4. The van der Waals surface area contributed by atoms with Gasteiger partial charge in [-0.3, -0.25) is 24.5 Å². The van der Waals surface area contributed by atoms with Crippen molar-refractivity contribution in [2.75, 3.05) is 13.1 Å². The molecule has 10 heteroatoms. The molecule has 2 heterocycles. The van der Waals surface area contributed by atoms with Crippen molar-refractivity contribution in [1.82, 2.24) is 10.2 Å². The lowest BCUT2D eigenvalue weighted by atomic mass is 10.2. The summed E-state index contributed by atoms with van der Waals surface area (Å²) in [4.78, 5) is 46.3. The molecule has 1 atom stereocenters. The summed E-state index contributed by atoms with van der Waals surface area (Å²) in [7, 11) is 0. The van der Waals surface area contributed by atoms with Gasteiger partial charge >= 0.3 is 11.0 Å². The summed E-state index contributed by atoms with van der Waals surface area (Å²) in [5.41, 5.74) is 0. The van der Waals surface area contributed by atoms with Gasteiger partial charge in [0.05, 0.1) is 9.80 Å². The third-order valence-electron chi connectivity index (χ3n) is 3.21. The van der Waals surface area contributed by atoms with Crippen LogP contribution in [0.2, 0.25) is 0 Å². The van der Waals surface area contributed by atoms with E-state index < -0.39 is 35.3 Å².